The summed E-state index contributed by atoms with van der Waals surface area (Å²) >= 11 is 0. The molecule has 0 saturated carbocycles. The largest absolute Gasteiger partial charge is 0.347 e. The van der Waals surface area contributed by atoms with Crippen molar-refractivity contribution in [3.8, 4) is 0 Å². The number of para-hydroxylation sites is 1. The summed E-state index contributed by atoms with van der Waals surface area (Å²) in [6.45, 7) is 4.44. The molecule has 1 aromatic carbocycles. The highest BCUT2D eigenvalue weighted by molar-refractivity contribution is 5.83. The highest BCUT2D eigenvalue weighted by atomic mass is 14.9. The molecule has 0 spiro atoms. The summed E-state index contributed by atoms with van der Waals surface area (Å²) in [4.78, 5) is 0. The maximum Gasteiger partial charge on any atom is 0.0512 e. The average Bonchev–Trinajstić information content (AvgIpc) is 2.75. The van der Waals surface area contributed by atoms with Crippen molar-refractivity contribution in [2.45, 2.75) is 32.7 Å². The molecule has 2 rings (SSSR count). The molecule has 0 aliphatic heterocycles. The monoisotopic (exact) mass is 230 g/mol. The molecule has 0 unspecified atom stereocenters. The van der Waals surface area contributed by atoms with Gasteiger partial charge in [0.15, 0.2) is 0 Å². The van der Waals surface area contributed by atoms with Gasteiger partial charge in [0, 0.05) is 12.7 Å². The normalized spacial score (nSPS) is 11.2. The second-order valence-corrected chi connectivity index (χ2v) is 4.57. The van der Waals surface area contributed by atoms with Crippen LogP contribution in [0.1, 0.15) is 25.3 Å². The van der Waals surface area contributed by atoms with E-state index in [0.717, 1.165) is 19.5 Å². The van der Waals surface area contributed by atoms with Crippen LogP contribution in [0.25, 0.3) is 10.9 Å². The van der Waals surface area contributed by atoms with Crippen LogP contribution in [0.2, 0.25) is 0 Å². The van der Waals surface area contributed by atoms with E-state index in [1.165, 1.54) is 29.3 Å². The molecule has 0 bridgehead atoms. The van der Waals surface area contributed by atoms with Gasteiger partial charge in [-0.1, -0.05) is 25.1 Å². The van der Waals surface area contributed by atoms with E-state index in [1.54, 1.807) is 0 Å². The zero-order valence-electron chi connectivity index (χ0n) is 10.9. The van der Waals surface area contributed by atoms with Gasteiger partial charge in [0.05, 0.1) is 5.52 Å². The molecule has 2 nitrogen and oxygen atoms in total. The van der Waals surface area contributed by atoms with E-state index in [-0.39, 0.29) is 0 Å². The minimum atomic E-state index is 1.09. The third-order valence-electron chi connectivity index (χ3n) is 3.21. The lowest BCUT2D eigenvalue weighted by molar-refractivity contribution is 0.694. The zero-order valence-corrected chi connectivity index (χ0v) is 10.9. The molecule has 0 aliphatic carbocycles. The second kappa shape index (κ2) is 5.87. The Morgan fingerprint density at radius 3 is 2.88 bits per heavy atom. The van der Waals surface area contributed by atoms with E-state index in [1.807, 2.05) is 7.05 Å². The van der Waals surface area contributed by atoms with Crippen LogP contribution in [0, 0.1) is 0 Å². The number of aromatic nitrogens is 1. The number of rotatable bonds is 6. The molecule has 0 atom stereocenters. The Morgan fingerprint density at radius 1 is 1.24 bits per heavy atom. The Hall–Kier alpha value is -1.28. The van der Waals surface area contributed by atoms with E-state index < -0.39 is 0 Å². The van der Waals surface area contributed by atoms with Crippen molar-refractivity contribution in [3.05, 3.63) is 36.0 Å². The summed E-state index contributed by atoms with van der Waals surface area (Å²) in [5.41, 5.74) is 2.92. The first-order valence-electron chi connectivity index (χ1n) is 6.58. The quantitative estimate of drug-likeness (QED) is 0.754. The molecule has 17 heavy (non-hydrogen) atoms. The minimum absolute atomic E-state index is 1.09. The number of fused-ring (bicyclic) bond motifs is 1. The SMILES string of the molecule is CCCn1ccc2cccc(CCCNC)c21. The predicted molar refractivity (Wildman–Crippen MR) is 74.5 cm³/mol. The molecule has 0 saturated heterocycles. The smallest absolute Gasteiger partial charge is 0.0512 e. The van der Waals surface area contributed by atoms with Crippen molar-refractivity contribution in [2.24, 2.45) is 0 Å². The molecule has 1 aromatic heterocycles. The molecule has 1 heterocycles. The zero-order chi connectivity index (χ0) is 12.1. The van der Waals surface area contributed by atoms with Crippen LogP contribution in [-0.4, -0.2) is 18.2 Å². The molecule has 2 aromatic rings. The van der Waals surface area contributed by atoms with Crippen LogP contribution in [0.4, 0.5) is 0 Å². The highest BCUT2D eigenvalue weighted by Gasteiger charge is 2.05. The van der Waals surface area contributed by atoms with Gasteiger partial charge < -0.3 is 9.88 Å². The van der Waals surface area contributed by atoms with Crippen molar-refractivity contribution in [1.82, 2.24) is 9.88 Å². The van der Waals surface area contributed by atoms with Crippen molar-refractivity contribution in [2.75, 3.05) is 13.6 Å². The standard InChI is InChI=1S/C15H22N2/c1-3-11-17-12-9-14-7-4-6-13(15(14)17)8-5-10-16-2/h4,6-7,9,12,16H,3,5,8,10-11H2,1-2H3. The van der Waals surface area contributed by atoms with Crippen LogP contribution < -0.4 is 5.32 Å². The summed E-state index contributed by atoms with van der Waals surface area (Å²) in [6, 6.07) is 8.88. The van der Waals surface area contributed by atoms with Crippen molar-refractivity contribution >= 4 is 10.9 Å². The van der Waals surface area contributed by atoms with Crippen LogP contribution in [0.5, 0.6) is 0 Å². The number of nitrogens with zero attached hydrogens (tertiary/aromatic N) is 1. The summed E-state index contributed by atoms with van der Waals surface area (Å²) in [7, 11) is 2.01. The number of hydrogen-bond acceptors (Lipinski definition) is 1. The van der Waals surface area contributed by atoms with E-state index in [9.17, 15) is 0 Å². The lowest BCUT2D eigenvalue weighted by Gasteiger charge is -2.09. The van der Waals surface area contributed by atoms with Crippen molar-refractivity contribution in [3.63, 3.8) is 0 Å². The maximum atomic E-state index is 3.21. The van der Waals surface area contributed by atoms with E-state index >= 15 is 0 Å². The Balaban J connectivity index is 2.29. The van der Waals surface area contributed by atoms with Crippen LogP contribution in [0.3, 0.4) is 0 Å². The van der Waals surface area contributed by atoms with E-state index in [0.29, 0.717) is 0 Å². The molecular weight excluding hydrogens is 208 g/mol. The number of benzene rings is 1. The lowest BCUT2D eigenvalue weighted by atomic mass is 10.1. The second-order valence-electron chi connectivity index (χ2n) is 4.57. The van der Waals surface area contributed by atoms with Gasteiger partial charge >= 0.3 is 0 Å². The third-order valence-corrected chi connectivity index (χ3v) is 3.21. The molecule has 0 radical (unpaired) electrons. The van der Waals surface area contributed by atoms with Crippen molar-refractivity contribution in [1.29, 1.82) is 0 Å². The highest BCUT2D eigenvalue weighted by Crippen LogP contribution is 2.21. The third kappa shape index (κ3) is 2.70. The van der Waals surface area contributed by atoms with Gasteiger partial charge in [-0.3, -0.25) is 0 Å². The van der Waals surface area contributed by atoms with E-state index in [4.69, 9.17) is 0 Å². The molecule has 0 fully saturated rings. The molecule has 92 valence electrons. The van der Waals surface area contributed by atoms with Gasteiger partial charge in [0.25, 0.3) is 0 Å². The van der Waals surface area contributed by atoms with Gasteiger partial charge in [-0.2, -0.15) is 0 Å². The predicted octanol–water partition coefficient (Wildman–Crippen LogP) is 3.20. The van der Waals surface area contributed by atoms with Gasteiger partial charge in [-0.15, -0.1) is 0 Å². The van der Waals surface area contributed by atoms with Crippen molar-refractivity contribution < 1.29 is 0 Å². The number of hydrogen-bond donors (Lipinski definition) is 1. The first kappa shape index (κ1) is 12.2. The summed E-state index contributed by atoms with van der Waals surface area (Å²) in [5, 5.41) is 4.59. The number of aryl methyl sites for hydroxylation is 2. The molecule has 1 N–H and O–H groups in total. The summed E-state index contributed by atoms with van der Waals surface area (Å²) in [6.07, 6.45) is 5.77. The van der Waals surface area contributed by atoms with Crippen LogP contribution >= 0.6 is 0 Å². The topological polar surface area (TPSA) is 17.0 Å². The Kier molecular flexibility index (Phi) is 4.21. The Bertz CT molecular complexity index is 471. The fraction of sp³-hybridized carbons (Fsp3) is 0.467. The summed E-state index contributed by atoms with van der Waals surface area (Å²) < 4.78 is 2.39. The van der Waals surface area contributed by atoms with E-state index in [2.05, 4.69) is 47.3 Å². The van der Waals surface area contributed by atoms with Gasteiger partial charge in [0.1, 0.15) is 0 Å². The maximum absolute atomic E-state index is 3.21. The fourth-order valence-corrected chi connectivity index (χ4v) is 2.43. The fourth-order valence-electron chi connectivity index (χ4n) is 2.43. The first-order valence-corrected chi connectivity index (χ1v) is 6.58. The van der Waals surface area contributed by atoms with Crippen LogP contribution in [-0.2, 0) is 13.0 Å². The first-order chi connectivity index (χ1) is 8.36. The van der Waals surface area contributed by atoms with Gasteiger partial charge in [0.2, 0.25) is 0 Å². The Morgan fingerprint density at radius 2 is 2.12 bits per heavy atom. The van der Waals surface area contributed by atoms with Gasteiger partial charge in [-0.05, 0) is 49.9 Å². The average molecular weight is 230 g/mol. The lowest BCUT2D eigenvalue weighted by Crippen LogP contribution is -2.08. The molecule has 0 amide bonds. The van der Waals surface area contributed by atoms with Gasteiger partial charge in [-0.25, -0.2) is 0 Å². The molecular formula is C15H22N2. The molecule has 2 heteroatoms. The minimum Gasteiger partial charge on any atom is -0.347 e. The summed E-state index contributed by atoms with van der Waals surface area (Å²) in [5.74, 6) is 0. The number of nitrogens with one attached hydrogen (secondary N) is 1. The Labute approximate surface area is 104 Å². The van der Waals surface area contributed by atoms with Crippen LogP contribution in [0.15, 0.2) is 30.5 Å². The molecule has 0 aliphatic rings.